The molecule has 1 aromatic carbocycles. The number of ether oxygens (including phenoxy) is 1. The van der Waals surface area contributed by atoms with Gasteiger partial charge in [0.1, 0.15) is 6.21 Å². The molecule has 1 atom stereocenters. The van der Waals surface area contributed by atoms with E-state index in [2.05, 4.69) is 4.99 Å². The van der Waals surface area contributed by atoms with Crippen molar-refractivity contribution in [3.63, 3.8) is 0 Å². The Labute approximate surface area is 69.7 Å². The number of carbonyl (C=O) groups excluding carboxylic acids is 1. The van der Waals surface area contributed by atoms with E-state index >= 15 is 0 Å². The van der Waals surface area contributed by atoms with E-state index in [1.165, 1.54) is 6.21 Å². The first-order valence-corrected chi connectivity index (χ1v) is 3.65. The van der Waals surface area contributed by atoms with E-state index in [1.807, 2.05) is 30.3 Å². The Hall–Kier alpha value is -1.64. The summed E-state index contributed by atoms with van der Waals surface area (Å²) in [4.78, 5) is 14.5. The van der Waals surface area contributed by atoms with Crippen LogP contribution >= 0.6 is 0 Å². The molecule has 1 aliphatic rings. The fraction of sp³-hybridized carbons (Fsp3) is 0.111. The summed E-state index contributed by atoms with van der Waals surface area (Å²) in [7, 11) is 0. The predicted molar refractivity (Wildman–Crippen MR) is 43.8 cm³/mol. The summed E-state index contributed by atoms with van der Waals surface area (Å²) >= 11 is 0. The van der Waals surface area contributed by atoms with Crippen molar-refractivity contribution in [2.45, 2.75) is 6.23 Å². The Morgan fingerprint density at radius 2 is 2.00 bits per heavy atom. The molecular formula is C9H7NO2. The van der Waals surface area contributed by atoms with Crippen LogP contribution in [0.15, 0.2) is 35.3 Å². The number of aliphatic imine (C=N–C) groups is 1. The van der Waals surface area contributed by atoms with Crippen LogP contribution in [-0.2, 0) is 9.53 Å². The highest BCUT2D eigenvalue weighted by molar-refractivity contribution is 6.24. The molecule has 0 unspecified atom stereocenters. The van der Waals surface area contributed by atoms with Crippen molar-refractivity contribution in [3.8, 4) is 0 Å². The van der Waals surface area contributed by atoms with E-state index in [-0.39, 0.29) is 5.97 Å². The maximum atomic E-state index is 10.7. The second-order valence-electron chi connectivity index (χ2n) is 2.48. The van der Waals surface area contributed by atoms with E-state index in [4.69, 9.17) is 4.74 Å². The van der Waals surface area contributed by atoms with Crippen molar-refractivity contribution in [3.05, 3.63) is 35.9 Å². The van der Waals surface area contributed by atoms with Crippen LogP contribution in [0.2, 0.25) is 0 Å². The Morgan fingerprint density at radius 1 is 1.25 bits per heavy atom. The molecule has 2 rings (SSSR count). The highest BCUT2D eigenvalue weighted by Crippen LogP contribution is 2.21. The number of benzene rings is 1. The van der Waals surface area contributed by atoms with Crippen molar-refractivity contribution in [2.75, 3.05) is 0 Å². The van der Waals surface area contributed by atoms with Crippen LogP contribution in [0, 0.1) is 0 Å². The van der Waals surface area contributed by atoms with Gasteiger partial charge < -0.3 is 4.74 Å². The van der Waals surface area contributed by atoms with Gasteiger partial charge in [0, 0.05) is 5.56 Å². The van der Waals surface area contributed by atoms with Gasteiger partial charge in [-0.15, -0.1) is 0 Å². The van der Waals surface area contributed by atoms with Crippen LogP contribution in [0.1, 0.15) is 11.8 Å². The van der Waals surface area contributed by atoms with Crippen LogP contribution in [-0.4, -0.2) is 12.2 Å². The zero-order valence-electron chi connectivity index (χ0n) is 6.31. The van der Waals surface area contributed by atoms with Gasteiger partial charge in [-0.05, 0) is 0 Å². The first kappa shape index (κ1) is 7.03. The molecule has 12 heavy (non-hydrogen) atoms. The Morgan fingerprint density at radius 3 is 2.58 bits per heavy atom. The number of cyclic esters (lactones) is 1. The quantitative estimate of drug-likeness (QED) is 0.582. The van der Waals surface area contributed by atoms with Crippen LogP contribution in [0.25, 0.3) is 0 Å². The SMILES string of the molecule is O=C1C=N[C@@H](c2ccccc2)O1. The van der Waals surface area contributed by atoms with Gasteiger partial charge in [-0.1, -0.05) is 30.3 Å². The van der Waals surface area contributed by atoms with Crippen molar-refractivity contribution >= 4 is 12.2 Å². The molecule has 0 radical (unpaired) electrons. The second kappa shape index (κ2) is 2.77. The van der Waals surface area contributed by atoms with Crippen molar-refractivity contribution < 1.29 is 9.53 Å². The van der Waals surface area contributed by atoms with Gasteiger partial charge in [0.2, 0.25) is 6.23 Å². The lowest BCUT2D eigenvalue weighted by Gasteiger charge is -2.05. The van der Waals surface area contributed by atoms with Gasteiger partial charge in [-0.2, -0.15) is 0 Å². The Kier molecular flexibility index (Phi) is 1.63. The molecule has 0 saturated carbocycles. The summed E-state index contributed by atoms with van der Waals surface area (Å²) in [6, 6.07) is 9.43. The summed E-state index contributed by atoms with van der Waals surface area (Å²) in [5.41, 5.74) is 0.902. The number of esters is 1. The molecule has 0 fully saturated rings. The predicted octanol–water partition coefficient (Wildman–Crippen LogP) is 1.31. The largest absolute Gasteiger partial charge is 0.431 e. The van der Waals surface area contributed by atoms with Crippen LogP contribution < -0.4 is 0 Å². The first-order chi connectivity index (χ1) is 5.86. The van der Waals surface area contributed by atoms with Crippen molar-refractivity contribution in [1.82, 2.24) is 0 Å². The lowest BCUT2D eigenvalue weighted by Crippen LogP contribution is -2.00. The molecular weight excluding hydrogens is 154 g/mol. The minimum Gasteiger partial charge on any atom is -0.431 e. The third kappa shape index (κ3) is 1.21. The van der Waals surface area contributed by atoms with Crippen molar-refractivity contribution in [2.24, 2.45) is 4.99 Å². The average Bonchev–Trinajstić information content (AvgIpc) is 2.54. The van der Waals surface area contributed by atoms with E-state index in [0.29, 0.717) is 0 Å². The Balaban J connectivity index is 2.23. The van der Waals surface area contributed by atoms with Gasteiger partial charge in [0.15, 0.2) is 0 Å². The smallest absolute Gasteiger partial charge is 0.351 e. The van der Waals surface area contributed by atoms with E-state index in [9.17, 15) is 4.79 Å². The van der Waals surface area contributed by atoms with E-state index < -0.39 is 6.23 Å². The van der Waals surface area contributed by atoms with Crippen LogP contribution in [0.5, 0.6) is 0 Å². The van der Waals surface area contributed by atoms with E-state index in [1.54, 1.807) is 0 Å². The highest BCUT2D eigenvalue weighted by Gasteiger charge is 2.18. The number of hydrogen-bond donors (Lipinski definition) is 0. The summed E-state index contributed by atoms with van der Waals surface area (Å²) < 4.78 is 4.89. The fourth-order valence-electron chi connectivity index (χ4n) is 1.07. The van der Waals surface area contributed by atoms with Crippen molar-refractivity contribution in [1.29, 1.82) is 0 Å². The highest BCUT2D eigenvalue weighted by atomic mass is 16.6. The van der Waals surface area contributed by atoms with Gasteiger partial charge in [0.05, 0.1) is 0 Å². The molecule has 3 heteroatoms. The van der Waals surface area contributed by atoms with Gasteiger partial charge >= 0.3 is 5.97 Å². The standard InChI is InChI=1S/C9H7NO2/c11-8-6-10-9(12-8)7-4-2-1-3-5-7/h1-6,9H/t9-/m1/s1. The number of carbonyl (C=O) groups is 1. The number of hydrogen-bond acceptors (Lipinski definition) is 3. The normalized spacial score (nSPS) is 21.0. The topological polar surface area (TPSA) is 38.7 Å². The summed E-state index contributed by atoms with van der Waals surface area (Å²) in [6.45, 7) is 0. The molecule has 1 heterocycles. The minimum atomic E-state index is -0.432. The maximum absolute atomic E-state index is 10.7. The lowest BCUT2D eigenvalue weighted by molar-refractivity contribution is -0.137. The molecule has 0 saturated heterocycles. The first-order valence-electron chi connectivity index (χ1n) is 3.65. The monoisotopic (exact) mass is 161 g/mol. The number of nitrogens with zero attached hydrogens (tertiary/aromatic N) is 1. The second-order valence-corrected chi connectivity index (χ2v) is 2.48. The number of rotatable bonds is 1. The Bertz CT molecular complexity index is 319. The molecule has 3 nitrogen and oxygen atoms in total. The maximum Gasteiger partial charge on any atom is 0.351 e. The molecule has 0 N–H and O–H groups in total. The zero-order valence-corrected chi connectivity index (χ0v) is 6.31. The average molecular weight is 161 g/mol. The summed E-state index contributed by atoms with van der Waals surface area (Å²) in [5, 5.41) is 0. The fourth-order valence-corrected chi connectivity index (χ4v) is 1.07. The molecule has 60 valence electrons. The summed E-state index contributed by atoms with van der Waals surface area (Å²) in [5.74, 6) is -0.371. The molecule has 0 spiro atoms. The minimum absolute atomic E-state index is 0.371. The molecule has 0 bridgehead atoms. The van der Waals surface area contributed by atoms with Gasteiger partial charge in [0.25, 0.3) is 0 Å². The molecule has 0 amide bonds. The summed E-state index contributed by atoms with van der Waals surface area (Å²) in [6.07, 6.45) is 0.774. The van der Waals surface area contributed by atoms with Crippen LogP contribution in [0.4, 0.5) is 0 Å². The molecule has 1 aliphatic heterocycles. The van der Waals surface area contributed by atoms with Gasteiger partial charge in [-0.3, -0.25) is 0 Å². The molecule has 0 aromatic heterocycles. The van der Waals surface area contributed by atoms with E-state index in [0.717, 1.165) is 5.56 Å². The zero-order chi connectivity index (χ0) is 8.39. The molecule has 0 aliphatic carbocycles. The third-order valence-corrected chi connectivity index (χ3v) is 1.63. The van der Waals surface area contributed by atoms with Crippen LogP contribution in [0.3, 0.4) is 0 Å². The molecule has 1 aromatic rings. The lowest BCUT2D eigenvalue weighted by atomic mass is 10.2. The third-order valence-electron chi connectivity index (χ3n) is 1.63. The van der Waals surface area contributed by atoms with Gasteiger partial charge in [-0.25, -0.2) is 9.79 Å².